The summed E-state index contributed by atoms with van der Waals surface area (Å²) < 4.78 is 2.99. The second-order valence-electron chi connectivity index (χ2n) is 3.97. The van der Waals surface area contributed by atoms with Crippen LogP contribution in [0.4, 0.5) is 0 Å². The van der Waals surface area contributed by atoms with Crippen LogP contribution in [0.1, 0.15) is 0 Å². The van der Waals surface area contributed by atoms with Gasteiger partial charge in [-0.15, -0.1) is 0 Å². The van der Waals surface area contributed by atoms with Gasteiger partial charge in [0.1, 0.15) is 5.69 Å². The number of halogens is 1. The van der Waals surface area contributed by atoms with E-state index in [9.17, 15) is 0 Å². The zero-order valence-electron chi connectivity index (χ0n) is 9.39. The summed E-state index contributed by atoms with van der Waals surface area (Å²) in [6.45, 7) is 0. The second-order valence-corrected chi connectivity index (χ2v) is 4.82. The Labute approximate surface area is 108 Å². The van der Waals surface area contributed by atoms with Gasteiger partial charge >= 0.3 is 0 Å². The molecule has 0 aliphatic carbocycles. The molecule has 0 spiro atoms. The Morgan fingerprint density at radius 1 is 1.00 bits per heavy atom. The second kappa shape index (κ2) is 4.00. The Balaban J connectivity index is 2.35. The molecule has 0 fully saturated rings. The van der Waals surface area contributed by atoms with Gasteiger partial charge in [0.15, 0.2) is 0 Å². The molecule has 2 nitrogen and oxygen atoms in total. The molecule has 0 unspecified atom stereocenters. The van der Waals surface area contributed by atoms with Gasteiger partial charge in [-0.1, -0.05) is 52.3 Å². The summed E-state index contributed by atoms with van der Waals surface area (Å²) in [5.41, 5.74) is 3.30. The van der Waals surface area contributed by atoms with E-state index in [-0.39, 0.29) is 0 Å². The van der Waals surface area contributed by atoms with Crippen molar-refractivity contribution in [3.8, 4) is 11.3 Å². The fraction of sp³-hybridized carbons (Fsp3) is 0.0714. The van der Waals surface area contributed by atoms with Crippen LogP contribution in [0, 0.1) is 0 Å². The van der Waals surface area contributed by atoms with Crippen molar-refractivity contribution < 1.29 is 0 Å². The first kappa shape index (κ1) is 10.5. The van der Waals surface area contributed by atoms with Crippen molar-refractivity contribution in [3.63, 3.8) is 0 Å². The van der Waals surface area contributed by atoms with E-state index in [4.69, 9.17) is 0 Å². The van der Waals surface area contributed by atoms with Gasteiger partial charge in [-0.05, 0) is 12.1 Å². The molecule has 0 bridgehead atoms. The Kier molecular flexibility index (Phi) is 2.48. The molecule has 0 radical (unpaired) electrons. The molecule has 17 heavy (non-hydrogen) atoms. The van der Waals surface area contributed by atoms with Gasteiger partial charge in [0.25, 0.3) is 0 Å². The van der Waals surface area contributed by atoms with E-state index in [1.807, 2.05) is 42.1 Å². The summed E-state index contributed by atoms with van der Waals surface area (Å²) >= 11 is 3.58. The standard InChI is InChI=1S/C14H11BrN2/c1-17-13-9-5-3-7-11(13)14(16-17)10-6-2-4-8-12(10)15/h2-9H,1H3. The number of aryl methyl sites for hydroxylation is 1. The zero-order valence-corrected chi connectivity index (χ0v) is 11.0. The number of hydrogen-bond donors (Lipinski definition) is 0. The van der Waals surface area contributed by atoms with E-state index >= 15 is 0 Å². The summed E-state index contributed by atoms with van der Waals surface area (Å²) in [7, 11) is 1.97. The third-order valence-corrected chi connectivity index (χ3v) is 3.58. The molecule has 1 heterocycles. The minimum atomic E-state index is 1.02. The maximum atomic E-state index is 4.61. The van der Waals surface area contributed by atoms with Crippen molar-refractivity contribution >= 4 is 26.8 Å². The minimum Gasteiger partial charge on any atom is -0.267 e. The average Bonchev–Trinajstić information content (AvgIpc) is 2.68. The Morgan fingerprint density at radius 3 is 2.53 bits per heavy atom. The summed E-state index contributed by atoms with van der Waals surface area (Å²) in [5, 5.41) is 5.79. The highest BCUT2D eigenvalue weighted by Gasteiger charge is 2.11. The van der Waals surface area contributed by atoms with Gasteiger partial charge < -0.3 is 0 Å². The van der Waals surface area contributed by atoms with Crippen LogP contribution in [-0.4, -0.2) is 9.78 Å². The van der Waals surface area contributed by atoms with E-state index in [1.165, 1.54) is 5.39 Å². The summed E-state index contributed by atoms with van der Waals surface area (Å²) in [6.07, 6.45) is 0. The smallest absolute Gasteiger partial charge is 0.101 e. The van der Waals surface area contributed by atoms with Crippen LogP contribution in [0.15, 0.2) is 53.0 Å². The van der Waals surface area contributed by atoms with E-state index in [1.54, 1.807) is 0 Å². The number of aromatic nitrogens is 2. The third kappa shape index (κ3) is 1.67. The molecule has 0 saturated carbocycles. The van der Waals surface area contributed by atoms with E-state index in [0.29, 0.717) is 0 Å². The van der Waals surface area contributed by atoms with Crippen LogP contribution < -0.4 is 0 Å². The summed E-state index contributed by atoms with van der Waals surface area (Å²) in [5.74, 6) is 0. The van der Waals surface area contributed by atoms with E-state index in [0.717, 1.165) is 21.2 Å². The lowest BCUT2D eigenvalue weighted by Gasteiger charge is -2.00. The van der Waals surface area contributed by atoms with E-state index in [2.05, 4.69) is 39.2 Å². The first-order valence-corrected chi connectivity index (χ1v) is 6.23. The lowest BCUT2D eigenvalue weighted by molar-refractivity contribution is 0.800. The van der Waals surface area contributed by atoms with Gasteiger partial charge in [-0.3, -0.25) is 4.68 Å². The molecule has 3 heteroatoms. The number of rotatable bonds is 1. The maximum absolute atomic E-state index is 4.61. The fourth-order valence-corrected chi connectivity index (χ4v) is 2.54. The lowest BCUT2D eigenvalue weighted by atomic mass is 10.1. The first-order chi connectivity index (χ1) is 8.27. The maximum Gasteiger partial charge on any atom is 0.101 e. The van der Waals surface area contributed by atoms with E-state index < -0.39 is 0 Å². The Hall–Kier alpha value is -1.61. The van der Waals surface area contributed by atoms with Crippen LogP contribution in [0.2, 0.25) is 0 Å². The number of benzene rings is 2. The predicted molar refractivity (Wildman–Crippen MR) is 73.9 cm³/mol. The highest BCUT2D eigenvalue weighted by Crippen LogP contribution is 2.32. The normalized spacial score (nSPS) is 10.9. The summed E-state index contributed by atoms with van der Waals surface area (Å²) in [6, 6.07) is 16.4. The van der Waals surface area contributed by atoms with Crippen molar-refractivity contribution in [2.45, 2.75) is 0 Å². The number of hydrogen-bond acceptors (Lipinski definition) is 1. The largest absolute Gasteiger partial charge is 0.267 e. The number of fused-ring (bicyclic) bond motifs is 1. The molecule has 0 atom stereocenters. The highest BCUT2D eigenvalue weighted by atomic mass is 79.9. The SMILES string of the molecule is Cn1nc(-c2ccccc2Br)c2ccccc21. The Bertz CT molecular complexity index is 686. The van der Waals surface area contributed by atoms with Crippen molar-refractivity contribution in [1.29, 1.82) is 0 Å². The van der Waals surface area contributed by atoms with Gasteiger partial charge in [0.2, 0.25) is 0 Å². The van der Waals surface area contributed by atoms with Crippen LogP contribution in [0.25, 0.3) is 22.2 Å². The molecule has 0 aliphatic rings. The summed E-state index contributed by atoms with van der Waals surface area (Å²) in [4.78, 5) is 0. The van der Waals surface area contributed by atoms with Gasteiger partial charge in [0.05, 0.1) is 5.52 Å². The molecular formula is C14H11BrN2. The molecular weight excluding hydrogens is 276 g/mol. The van der Waals surface area contributed by atoms with Crippen molar-refractivity contribution in [3.05, 3.63) is 53.0 Å². The van der Waals surface area contributed by atoms with Crippen LogP contribution in [0.3, 0.4) is 0 Å². The zero-order chi connectivity index (χ0) is 11.8. The van der Waals surface area contributed by atoms with Crippen molar-refractivity contribution in [1.82, 2.24) is 9.78 Å². The molecule has 2 aromatic carbocycles. The molecule has 3 aromatic rings. The Morgan fingerprint density at radius 2 is 1.71 bits per heavy atom. The third-order valence-electron chi connectivity index (χ3n) is 2.89. The molecule has 0 amide bonds. The molecule has 1 aromatic heterocycles. The highest BCUT2D eigenvalue weighted by molar-refractivity contribution is 9.10. The molecule has 0 N–H and O–H groups in total. The fourth-order valence-electron chi connectivity index (χ4n) is 2.07. The van der Waals surface area contributed by atoms with Gasteiger partial charge in [-0.2, -0.15) is 5.10 Å². The number of nitrogens with zero attached hydrogens (tertiary/aromatic N) is 2. The van der Waals surface area contributed by atoms with Gasteiger partial charge in [0, 0.05) is 22.5 Å². The molecule has 0 saturated heterocycles. The van der Waals surface area contributed by atoms with Crippen LogP contribution >= 0.6 is 15.9 Å². The van der Waals surface area contributed by atoms with Gasteiger partial charge in [-0.25, -0.2) is 0 Å². The topological polar surface area (TPSA) is 17.8 Å². The lowest BCUT2D eigenvalue weighted by Crippen LogP contribution is -1.89. The monoisotopic (exact) mass is 286 g/mol. The minimum absolute atomic E-state index is 1.02. The average molecular weight is 287 g/mol. The predicted octanol–water partition coefficient (Wildman–Crippen LogP) is 4.00. The van der Waals surface area contributed by atoms with Crippen molar-refractivity contribution in [2.24, 2.45) is 7.05 Å². The quantitative estimate of drug-likeness (QED) is 0.661. The van der Waals surface area contributed by atoms with Crippen LogP contribution in [0.5, 0.6) is 0 Å². The molecule has 84 valence electrons. The number of para-hydroxylation sites is 1. The van der Waals surface area contributed by atoms with Crippen molar-refractivity contribution in [2.75, 3.05) is 0 Å². The van der Waals surface area contributed by atoms with Crippen LogP contribution in [-0.2, 0) is 7.05 Å². The first-order valence-electron chi connectivity index (χ1n) is 5.44. The molecule has 0 aliphatic heterocycles. The molecule has 3 rings (SSSR count).